The van der Waals surface area contributed by atoms with Crippen molar-refractivity contribution in [2.24, 2.45) is 0 Å². The average Bonchev–Trinajstić information content (AvgIpc) is 2.14. The minimum absolute atomic E-state index is 0. The summed E-state index contributed by atoms with van der Waals surface area (Å²) in [5.41, 5.74) is 6.94. The van der Waals surface area contributed by atoms with Crippen LogP contribution >= 0.6 is 0 Å². The van der Waals surface area contributed by atoms with E-state index in [1.54, 1.807) is 0 Å². The second-order valence-electron chi connectivity index (χ2n) is 2.00. The first kappa shape index (κ1) is 8.45. The molecule has 8 heavy (non-hydrogen) atoms. The topological polar surface area (TPSA) is 35.8 Å². The van der Waals surface area contributed by atoms with Crippen LogP contribution in [0.1, 0.15) is 12.8 Å². The molecule has 0 aromatic heterocycles. The molecule has 1 unspecified atom stereocenters. The van der Waals surface area contributed by atoms with Crippen LogP contribution in [0.3, 0.4) is 0 Å². The van der Waals surface area contributed by atoms with E-state index in [9.17, 15) is 0 Å². The van der Waals surface area contributed by atoms with Gasteiger partial charge in [-0.25, -0.2) is 0 Å². The summed E-state index contributed by atoms with van der Waals surface area (Å²) in [7, 11) is 0. The molecular formula is C5H11CrN2-. The van der Waals surface area contributed by atoms with Crippen LogP contribution in [0.25, 0.3) is 5.73 Å². The van der Waals surface area contributed by atoms with E-state index in [0.29, 0.717) is 12.6 Å². The molecule has 2 nitrogen and oxygen atoms in total. The molecule has 1 heterocycles. The molecule has 1 aliphatic heterocycles. The van der Waals surface area contributed by atoms with Gasteiger partial charge in [0.1, 0.15) is 0 Å². The molecular weight excluding hydrogens is 140 g/mol. The summed E-state index contributed by atoms with van der Waals surface area (Å²) >= 11 is 0. The van der Waals surface area contributed by atoms with Crippen LogP contribution in [0.15, 0.2) is 0 Å². The fraction of sp³-hybridized carbons (Fsp3) is 1.00. The Labute approximate surface area is 61.0 Å². The molecule has 0 aromatic rings. The standard InChI is InChI=1S/C5H11N2.Cr/c6-4-5-2-1-3-7-5;/h5-7H,1-4H2;/q-1;. The molecule has 1 aliphatic rings. The molecule has 0 bridgehead atoms. The molecule has 1 saturated heterocycles. The first-order valence-corrected chi connectivity index (χ1v) is 2.81. The zero-order valence-corrected chi connectivity index (χ0v) is 6.09. The Morgan fingerprint density at radius 2 is 2.38 bits per heavy atom. The summed E-state index contributed by atoms with van der Waals surface area (Å²) in [5.74, 6) is 0. The first-order valence-electron chi connectivity index (χ1n) is 2.81. The van der Waals surface area contributed by atoms with Crippen LogP contribution in [0.2, 0.25) is 0 Å². The first-order chi connectivity index (χ1) is 3.43. The van der Waals surface area contributed by atoms with Gasteiger partial charge in [0, 0.05) is 17.4 Å². The predicted octanol–water partition coefficient (Wildman–Crippen LogP) is 0.788. The van der Waals surface area contributed by atoms with Crippen LogP contribution in [0, 0.1) is 0 Å². The third-order valence-electron chi connectivity index (χ3n) is 1.41. The summed E-state index contributed by atoms with van der Waals surface area (Å²) in [4.78, 5) is 0. The summed E-state index contributed by atoms with van der Waals surface area (Å²) in [6.45, 7) is 1.68. The van der Waals surface area contributed by atoms with Crippen molar-refractivity contribution in [3.05, 3.63) is 5.73 Å². The summed E-state index contributed by atoms with van der Waals surface area (Å²) < 4.78 is 0. The van der Waals surface area contributed by atoms with Crippen LogP contribution in [0.5, 0.6) is 0 Å². The Bertz CT molecular complexity index is 52.4. The molecule has 0 aromatic carbocycles. The van der Waals surface area contributed by atoms with Gasteiger partial charge in [0.15, 0.2) is 0 Å². The molecule has 0 radical (unpaired) electrons. The Kier molecular flexibility index (Phi) is 4.59. The zero-order chi connectivity index (χ0) is 5.11. The van der Waals surface area contributed by atoms with Crippen molar-refractivity contribution in [2.45, 2.75) is 18.9 Å². The largest absolute Gasteiger partial charge is 0.676 e. The minimum atomic E-state index is 0. The van der Waals surface area contributed by atoms with Crippen molar-refractivity contribution < 1.29 is 17.4 Å². The van der Waals surface area contributed by atoms with E-state index >= 15 is 0 Å². The fourth-order valence-corrected chi connectivity index (χ4v) is 0.931. The van der Waals surface area contributed by atoms with Gasteiger partial charge < -0.3 is 11.1 Å². The van der Waals surface area contributed by atoms with Gasteiger partial charge in [0.25, 0.3) is 0 Å². The maximum absolute atomic E-state index is 6.94. The minimum Gasteiger partial charge on any atom is -0.676 e. The van der Waals surface area contributed by atoms with Crippen molar-refractivity contribution in [2.75, 3.05) is 13.1 Å². The number of nitrogens with one attached hydrogen (secondary N) is 2. The second-order valence-corrected chi connectivity index (χ2v) is 2.00. The molecule has 0 aliphatic carbocycles. The van der Waals surface area contributed by atoms with Crippen LogP contribution in [-0.2, 0) is 17.4 Å². The molecule has 0 spiro atoms. The van der Waals surface area contributed by atoms with E-state index in [2.05, 4.69) is 5.32 Å². The summed E-state index contributed by atoms with van der Waals surface area (Å²) in [5, 5.41) is 3.22. The number of hydrogen-bond donors (Lipinski definition) is 1. The van der Waals surface area contributed by atoms with Crippen LogP contribution in [0.4, 0.5) is 0 Å². The Morgan fingerprint density at radius 3 is 2.62 bits per heavy atom. The number of rotatable bonds is 1. The summed E-state index contributed by atoms with van der Waals surface area (Å²) in [6, 6.07) is 0.514. The monoisotopic (exact) mass is 151 g/mol. The van der Waals surface area contributed by atoms with E-state index in [-0.39, 0.29) is 17.4 Å². The predicted molar refractivity (Wildman–Crippen MR) is 30.2 cm³/mol. The number of hydrogen-bond acceptors (Lipinski definition) is 1. The Balaban J connectivity index is 0.000000490. The summed E-state index contributed by atoms with van der Waals surface area (Å²) in [6.07, 6.45) is 2.48. The van der Waals surface area contributed by atoms with Gasteiger partial charge in [0.2, 0.25) is 0 Å². The van der Waals surface area contributed by atoms with Gasteiger partial charge >= 0.3 is 0 Å². The quantitative estimate of drug-likeness (QED) is 0.590. The maximum atomic E-state index is 6.94. The molecule has 3 heteroatoms. The smallest absolute Gasteiger partial charge is 0 e. The van der Waals surface area contributed by atoms with Crippen molar-refractivity contribution in [1.29, 1.82) is 0 Å². The Hall–Kier alpha value is 0.452. The van der Waals surface area contributed by atoms with Gasteiger partial charge in [-0.2, -0.15) is 0 Å². The molecule has 2 N–H and O–H groups in total. The molecule has 0 amide bonds. The molecule has 1 rings (SSSR count). The third-order valence-corrected chi connectivity index (χ3v) is 1.41. The zero-order valence-electron chi connectivity index (χ0n) is 4.81. The normalized spacial score (nSPS) is 27.4. The van der Waals surface area contributed by atoms with Crippen molar-refractivity contribution in [3.8, 4) is 0 Å². The van der Waals surface area contributed by atoms with Crippen LogP contribution < -0.4 is 5.32 Å². The molecule has 0 saturated carbocycles. The molecule has 48 valence electrons. The van der Waals surface area contributed by atoms with Crippen molar-refractivity contribution >= 4 is 0 Å². The molecule has 1 atom stereocenters. The van der Waals surface area contributed by atoms with E-state index in [1.165, 1.54) is 12.8 Å². The van der Waals surface area contributed by atoms with Gasteiger partial charge in [-0.15, -0.1) is 6.54 Å². The van der Waals surface area contributed by atoms with E-state index in [4.69, 9.17) is 5.73 Å². The average molecular weight is 151 g/mol. The van der Waals surface area contributed by atoms with Gasteiger partial charge in [-0.3, -0.25) is 0 Å². The van der Waals surface area contributed by atoms with Crippen molar-refractivity contribution in [3.63, 3.8) is 0 Å². The fourth-order valence-electron chi connectivity index (χ4n) is 0.931. The molecule has 1 fully saturated rings. The van der Waals surface area contributed by atoms with Gasteiger partial charge in [-0.05, 0) is 25.4 Å². The van der Waals surface area contributed by atoms with E-state index in [1.807, 2.05) is 0 Å². The van der Waals surface area contributed by atoms with Gasteiger partial charge in [0.05, 0.1) is 0 Å². The van der Waals surface area contributed by atoms with E-state index < -0.39 is 0 Å². The maximum Gasteiger partial charge on any atom is 0 e. The SMILES string of the molecule is [Cr].[NH-]CC1CCCN1. The third kappa shape index (κ3) is 2.15. The van der Waals surface area contributed by atoms with E-state index in [0.717, 1.165) is 6.54 Å². The van der Waals surface area contributed by atoms with Crippen LogP contribution in [-0.4, -0.2) is 19.1 Å². The second kappa shape index (κ2) is 4.34. The van der Waals surface area contributed by atoms with Crippen molar-refractivity contribution in [1.82, 2.24) is 5.32 Å². The van der Waals surface area contributed by atoms with Gasteiger partial charge in [-0.1, -0.05) is 0 Å². The Morgan fingerprint density at radius 1 is 1.62 bits per heavy atom.